The van der Waals surface area contributed by atoms with Crippen molar-refractivity contribution in [1.29, 1.82) is 5.41 Å². The average molecular weight is 482 g/mol. The van der Waals surface area contributed by atoms with E-state index in [0.717, 1.165) is 44.8 Å². The molecule has 1 unspecified atom stereocenters. The van der Waals surface area contributed by atoms with E-state index in [0.29, 0.717) is 38.8 Å². The third kappa shape index (κ3) is 4.42. The van der Waals surface area contributed by atoms with Crippen molar-refractivity contribution in [2.24, 2.45) is 5.41 Å². The van der Waals surface area contributed by atoms with E-state index in [9.17, 15) is 9.80 Å². The second-order valence-electron chi connectivity index (χ2n) is 11.1. The first kappa shape index (κ1) is 24.1. The van der Waals surface area contributed by atoms with Crippen LogP contribution in [-0.2, 0) is 0 Å². The summed E-state index contributed by atoms with van der Waals surface area (Å²) >= 11 is 0. The number of hydrogen-bond donors (Lipinski definition) is 2. The molecular weight excluding hydrogens is 443 g/mol. The van der Waals surface area contributed by atoms with Gasteiger partial charge in [0.1, 0.15) is 23.5 Å². The number of anilines is 1. The van der Waals surface area contributed by atoms with Crippen LogP contribution in [0.25, 0.3) is 0 Å². The molecule has 188 valence electrons. The number of rotatable bonds is 6. The van der Waals surface area contributed by atoms with Gasteiger partial charge in [-0.3, -0.25) is 4.48 Å². The second-order valence-corrected chi connectivity index (χ2v) is 11.1. The molecule has 2 saturated heterocycles. The molecule has 2 aromatic rings. The van der Waals surface area contributed by atoms with Crippen LogP contribution in [0.5, 0.6) is 11.5 Å². The predicted octanol–water partition coefficient (Wildman–Crippen LogP) is 4.72. The standard InChI is InChI=1S/C27H38FN6O/c1-19(2)34(3,21-6-4-5-7-21)25(29)22-14-20(28)8-9-23(22)35-24-15-31-18-32-26(24)33-16-27(17-33)10-12-30-13-11-27/h8-9,14-15,18-19,21,29-30H,4-7,10-13,16-17H2,1-3H3/q+1. The summed E-state index contributed by atoms with van der Waals surface area (Å²) in [5.74, 6) is 1.84. The number of nitrogens with zero attached hydrogens (tertiary/aromatic N) is 4. The molecular formula is C27H38FN6O+. The zero-order valence-corrected chi connectivity index (χ0v) is 21.2. The summed E-state index contributed by atoms with van der Waals surface area (Å²) in [5.41, 5.74) is 0.857. The topological polar surface area (TPSA) is 74.1 Å². The highest BCUT2D eigenvalue weighted by Gasteiger charge is 2.45. The van der Waals surface area contributed by atoms with Gasteiger partial charge in [-0.15, -0.1) is 0 Å². The second kappa shape index (κ2) is 9.47. The zero-order valence-electron chi connectivity index (χ0n) is 21.2. The summed E-state index contributed by atoms with van der Waals surface area (Å²) in [6.45, 7) is 8.34. The molecule has 35 heavy (non-hydrogen) atoms. The molecule has 2 N–H and O–H groups in total. The first-order chi connectivity index (χ1) is 16.8. The molecule has 3 aliphatic rings. The molecule has 3 heterocycles. The molecule has 5 rings (SSSR count). The number of quaternary nitrogens is 1. The largest absolute Gasteiger partial charge is 0.451 e. The Labute approximate surface area is 207 Å². The van der Waals surface area contributed by atoms with Gasteiger partial charge >= 0.3 is 0 Å². The fraction of sp³-hybridized carbons (Fsp3) is 0.593. The predicted molar refractivity (Wildman–Crippen MR) is 136 cm³/mol. The summed E-state index contributed by atoms with van der Waals surface area (Å²) in [7, 11) is 2.12. The van der Waals surface area contributed by atoms with E-state index >= 15 is 0 Å². The number of piperidine rings is 1. The average Bonchev–Trinajstić information content (AvgIpc) is 3.39. The van der Waals surface area contributed by atoms with Crippen molar-refractivity contribution >= 4 is 11.7 Å². The lowest BCUT2D eigenvalue weighted by molar-refractivity contribution is -0.868. The minimum absolute atomic E-state index is 0.194. The first-order valence-corrected chi connectivity index (χ1v) is 13.0. The van der Waals surface area contributed by atoms with Crippen LogP contribution in [0.1, 0.15) is 57.9 Å². The van der Waals surface area contributed by atoms with Gasteiger partial charge in [-0.2, -0.15) is 0 Å². The molecule has 1 aromatic heterocycles. The van der Waals surface area contributed by atoms with Gasteiger partial charge in [0.05, 0.1) is 25.3 Å². The fourth-order valence-electron chi connectivity index (χ4n) is 6.26. The minimum atomic E-state index is -0.362. The zero-order chi connectivity index (χ0) is 24.6. The number of aromatic nitrogens is 2. The number of halogens is 1. The monoisotopic (exact) mass is 481 g/mol. The van der Waals surface area contributed by atoms with Gasteiger partial charge in [0, 0.05) is 18.5 Å². The van der Waals surface area contributed by atoms with Gasteiger partial charge in [-0.05, 0) is 83.7 Å². The van der Waals surface area contributed by atoms with E-state index in [2.05, 4.69) is 41.1 Å². The highest BCUT2D eigenvalue weighted by atomic mass is 19.1. The summed E-state index contributed by atoms with van der Waals surface area (Å²) < 4.78 is 21.4. The number of nitrogens with one attached hydrogen (secondary N) is 2. The molecule has 1 saturated carbocycles. The Morgan fingerprint density at radius 3 is 2.60 bits per heavy atom. The Bertz CT molecular complexity index is 1070. The smallest absolute Gasteiger partial charge is 0.231 e. The van der Waals surface area contributed by atoms with E-state index in [-0.39, 0.29) is 11.9 Å². The number of hydrogen-bond acceptors (Lipinski definition) is 6. The van der Waals surface area contributed by atoms with Crippen LogP contribution in [0.15, 0.2) is 30.7 Å². The van der Waals surface area contributed by atoms with E-state index in [1.807, 2.05) is 0 Å². The summed E-state index contributed by atoms with van der Waals surface area (Å²) in [6.07, 6.45) is 10.1. The van der Waals surface area contributed by atoms with E-state index < -0.39 is 0 Å². The molecule has 0 bridgehead atoms. The molecule has 7 nitrogen and oxygen atoms in total. The van der Waals surface area contributed by atoms with Crippen LogP contribution < -0.4 is 15.0 Å². The van der Waals surface area contributed by atoms with Crippen molar-refractivity contribution in [3.05, 3.63) is 42.1 Å². The lowest BCUT2D eigenvalue weighted by Gasteiger charge is -2.53. The van der Waals surface area contributed by atoms with Crippen LogP contribution in [-0.4, -0.2) is 65.6 Å². The first-order valence-electron chi connectivity index (χ1n) is 13.0. The van der Waals surface area contributed by atoms with Crippen molar-refractivity contribution in [2.45, 2.75) is 64.5 Å². The molecule has 0 radical (unpaired) electrons. The van der Waals surface area contributed by atoms with Crippen LogP contribution in [0.2, 0.25) is 0 Å². The van der Waals surface area contributed by atoms with Gasteiger partial charge in [0.15, 0.2) is 11.6 Å². The third-order valence-corrected chi connectivity index (χ3v) is 8.73. The lowest BCUT2D eigenvalue weighted by atomic mass is 9.72. The summed E-state index contributed by atoms with van der Waals surface area (Å²) in [4.78, 5) is 11.0. The van der Waals surface area contributed by atoms with Gasteiger partial charge in [-0.25, -0.2) is 19.8 Å². The molecule has 2 aliphatic heterocycles. The molecule has 1 aromatic carbocycles. The molecule has 1 aliphatic carbocycles. The van der Waals surface area contributed by atoms with Gasteiger partial charge in [-0.1, -0.05) is 0 Å². The third-order valence-electron chi connectivity index (χ3n) is 8.73. The van der Waals surface area contributed by atoms with Crippen LogP contribution in [0, 0.1) is 16.6 Å². The van der Waals surface area contributed by atoms with Gasteiger partial charge < -0.3 is 15.0 Å². The van der Waals surface area contributed by atoms with Crippen LogP contribution >= 0.6 is 0 Å². The number of amidine groups is 1. The van der Waals surface area contributed by atoms with Crippen molar-refractivity contribution < 1.29 is 13.6 Å². The van der Waals surface area contributed by atoms with Crippen molar-refractivity contribution in [1.82, 2.24) is 15.3 Å². The van der Waals surface area contributed by atoms with Crippen LogP contribution in [0.4, 0.5) is 10.2 Å². The van der Waals surface area contributed by atoms with Crippen LogP contribution in [0.3, 0.4) is 0 Å². The van der Waals surface area contributed by atoms with E-state index in [1.165, 1.54) is 37.8 Å². The highest BCUT2D eigenvalue weighted by Crippen LogP contribution is 2.44. The highest BCUT2D eigenvalue weighted by molar-refractivity contribution is 5.94. The maximum atomic E-state index is 14.5. The quantitative estimate of drug-likeness (QED) is 0.355. The molecule has 0 amide bonds. The minimum Gasteiger partial charge on any atom is -0.451 e. The maximum absolute atomic E-state index is 14.5. The van der Waals surface area contributed by atoms with E-state index in [4.69, 9.17) is 4.74 Å². The number of benzene rings is 1. The SMILES string of the molecule is CC(C)[N+](C)(C(=N)c1cc(F)ccc1Oc1cncnc1N1CC2(CCNCC2)C1)C1CCCC1. The molecule has 3 fully saturated rings. The fourth-order valence-corrected chi connectivity index (χ4v) is 6.26. The van der Waals surface area contributed by atoms with Gasteiger partial charge in [0.25, 0.3) is 0 Å². The van der Waals surface area contributed by atoms with Crippen molar-refractivity contribution in [2.75, 3.05) is 38.1 Å². The Kier molecular flexibility index (Phi) is 6.53. The normalized spacial score (nSPS) is 21.7. The Hall–Kier alpha value is -2.58. The Morgan fingerprint density at radius 2 is 1.91 bits per heavy atom. The Balaban J connectivity index is 1.43. The lowest BCUT2D eigenvalue weighted by Crippen LogP contribution is -2.60. The molecule has 1 atom stereocenters. The molecule has 1 spiro atoms. The Morgan fingerprint density at radius 1 is 1.20 bits per heavy atom. The summed E-state index contributed by atoms with van der Waals surface area (Å²) in [6, 6.07) is 5.04. The van der Waals surface area contributed by atoms with E-state index in [1.54, 1.807) is 18.6 Å². The van der Waals surface area contributed by atoms with Gasteiger partial charge in [0.2, 0.25) is 5.84 Å². The van der Waals surface area contributed by atoms with Crippen molar-refractivity contribution in [3.63, 3.8) is 0 Å². The molecule has 8 heteroatoms. The summed E-state index contributed by atoms with van der Waals surface area (Å²) in [5, 5.41) is 12.7. The maximum Gasteiger partial charge on any atom is 0.231 e. The number of ether oxygens (including phenoxy) is 1. The van der Waals surface area contributed by atoms with Crippen molar-refractivity contribution in [3.8, 4) is 11.5 Å².